The minimum Gasteiger partial charge on any atom is -0.493 e. The molecule has 156 valence electrons. The van der Waals surface area contributed by atoms with Crippen molar-refractivity contribution in [1.82, 2.24) is 9.97 Å². The number of nitrogen functional groups attached to an aromatic ring is 1. The molecule has 0 bridgehead atoms. The first-order valence-electron chi connectivity index (χ1n) is 10.3. The topological polar surface area (TPSA) is 76.0 Å². The molecule has 0 fully saturated rings. The summed E-state index contributed by atoms with van der Waals surface area (Å²) in [4.78, 5) is 7.22. The third-order valence-electron chi connectivity index (χ3n) is 4.97. The van der Waals surface area contributed by atoms with Crippen LogP contribution in [0.5, 0.6) is 5.75 Å². The molecule has 0 aliphatic heterocycles. The zero-order valence-corrected chi connectivity index (χ0v) is 17.3. The van der Waals surface area contributed by atoms with Crippen molar-refractivity contribution in [3.05, 3.63) is 109 Å². The number of nitrogens with two attached hydrogens (primary N) is 1. The van der Waals surface area contributed by atoms with E-state index in [1.54, 1.807) is 12.5 Å². The predicted octanol–water partition coefficient (Wildman–Crippen LogP) is 5.45. The largest absolute Gasteiger partial charge is 0.493 e. The van der Waals surface area contributed by atoms with Crippen LogP contribution in [0.2, 0.25) is 0 Å². The normalized spacial score (nSPS) is 10.6. The molecular weight excluding hydrogens is 384 g/mol. The van der Waals surface area contributed by atoms with Gasteiger partial charge in [0, 0.05) is 35.5 Å². The second kappa shape index (κ2) is 9.67. The van der Waals surface area contributed by atoms with Gasteiger partial charge in [0.25, 0.3) is 0 Å². The Morgan fingerprint density at radius 2 is 1.84 bits per heavy atom. The molecule has 31 heavy (non-hydrogen) atoms. The summed E-state index contributed by atoms with van der Waals surface area (Å²) < 4.78 is 6.05. The molecule has 3 aromatic carbocycles. The van der Waals surface area contributed by atoms with E-state index in [-0.39, 0.29) is 0 Å². The highest BCUT2D eigenvalue weighted by molar-refractivity contribution is 5.66. The number of hydrogen-bond acceptors (Lipinski definition) is 4. The van der Waals surface area contributed by atoms with Crippen molar-refractivity contribution >= 4 is 11.4 Å². The first-order chi connectivity index (χ1) is 15.2. The standard InChI is InChI=1S/C26H26N4O/c1-19(15-21-5-4-6-22(27)16-21)30-23-11-9-20(10-12-23)13-14-31-26-8-3-2-7-24(26)25-17-28-18-29-25/h2-12,16-18,30H,1,13-15,27H2,(H,28,29). The highest BCUT2D eigenvalue weighted by atomic mass is 16.5. The number of nitrogens with zero attached hydrogens (tertiary/aromatic N) is 1. The Kier molecular flexibility index (Phi) is 6.33. The number of para-hydroxylation sites is 1. The van der Waals surface area contributed by atoms with Crippen LogP contribution in [-0.4, -0.2) is 16.6 Å². The van der Waals surface area contributed by atoms with Crippen molar-refractivity contribution in [2.24, 2.45) is 0 Å². The molecule has 0 saturated carbocycles. The lowest BCUT2D eigenvalue weighted by Crippen LogP contribution is -2.04. The second-order valence-corrected chi connectivity index (χ2v) is 7.41. The number of hydrogen-bond donors (Lipinski definition) is 3. The second-order valence-electron chi connectivity index (χ2n) is 7.41. The smallest absolute Gasteiger partial charge is 0.128 e. The molecule has 0 aliphatic rings. The fraction of sp³-hybridized carbons (Fsp3) is 0.115. The number of rotatable bonds is 9. The molecule has 0 atom stereocenters. The molecule has 0 unspecified atom stereocenters. The number of aromatic nitrogens is 2. The lowest BCUT2D eigenvalue weighted by Gasteiger charge is -2.12. The molecule has 1 heterocycles. The molecule has 0 amide bonds. The molecular formula is C26H26N4O. The SMILES string of the molecule is C=C(Cc1cccc(N)c1)Nc1ccc(CCOc2ccccc2-c2cnc[nH]2)cc1. The average molecular weight is 411 g/mol. The van der Waals surface area contributed by atoms with Crippen LogP contribution in [0.1, 0.15) is 11.1 Å². The van der Waals surface area contributed by atoms with Gasteiger partial charge in [-0.3, -0.25) is 0 Å². The summed E-state index contributed by atoms with van der Waals surface area (Å²) in [7, 11) is 0. The summed E-state index contributed by atoms with van der Waals surface area (Å²) >= 11 is 0. The molecule has 4 aromatic rings. The fourth-order valence-electron chi connectivity index (χ4n) is 3.45. The van der Waals surface area contributed by atoms with E-state index in [1.165, 1.54) is 5.56 Å². The zero-order valence-electron chi connectivity index (χ0n) is 17.3. The zero-order chi connectivity index (χ0) is 21.5. The van der Waals surface area contributed by atoms with E-state index in [9.17, 15) is 0 Å². The van der Waals surface area contributed by atoms with Crippen LogP contribution in [-0.2, 0) is 12.8 Å². The molecule has 0 spiro atoms. The van der Waals surface area contributed by atoms with E-state index in [1.807, 2.05) is 42.5 Å². The number of nitrogens with one attached hydrogen (secondary N) is 2. The van der Waals surface area contributed by atoms with Gasteiger partial charge >= 0.3 is 0 Å². The average Bonchev–Trinajstić information content (AvgIpc) is 3.30. The Morgan fingerprint density at radius 1 is 1.00 bits per heavy atom. The lowest BCUT2D eigenvalue weighted by molar-refractivity contribution is 0.323. The third-order valence-corrected chi connectivity index (χ3v) is 4.97. The van der Waals surface area contributed by atoms with Gasteiger partial charge < -0.3 is 20.8 Å². The van der Waals surface area contributed by atoms with Crippen LogP contribution in [0.15, 0.2) is 97.6 Å². The van der Waals surface area contributed by atoms with Crippen molar-refractivity contribution in [2.75, 3.05) is 17.7 Å². The molecule has 1 aromatic heterocycles. The van der Waals surface area contributed by atoms with E-state index < -0.39 is 0 Å². The highest BCUT2D eigenvalue weighted by Gasteiger charge is 2.07. The van der Waals surface area contributed by atoms with Gasteiger partial charge in [-0.15, -0.1) is 0 Å². The van der Waals surface area contributed by atoms with Crippen molar-refractivity contribution < 1.29 is 4.74 Å². The highest BCUT2D eigenvalue weighted by Crippen LogP contribution is 2.28. The summed E-state index contributed by atoms with van der Waals surface area (Å²) in [5.74, 6) is 0.850. The van der Waals surface area contributed by atoms with E-state index in [4.69, 9.17) is 10.5 Å². The van der Waals surface area contributed by atoms with Gasteiger partial charge in [-0.1, -0.05) is 43.0 Å². The molecule has 5 heteroatoms. The number of H-pyrrole nitrogens is 1. The van der Waals surface area contributed by atoms with Gasteiger partial charge in [-0.2, -0.15) is 0 Å². The molecule has 4 N–H and O–H groups in total. The van der Waals surface area contributed by atoms with Gasteiger partial charge in [0.05, 0.1) is 24.8 Å². The monoisotopic (exact) mass is 410 g/mol. The number of benzene rings is 3. The summed E-state index contributed by atoms with van der Waals surface area (Å²) in [5.41, 5.74) is 12.9. The lowest BCUT2D eigenvalue weighted by atomic mass is 10.1. The summed E-state index contributed by atoms with van der Waals surface area (Å²) in [6.45, 7) is 4.73. The maximum Gasteiger partial charge on any atom is 0.128 e. The Morgan fingerprint density at radius 3 is 2.61 bits per heavy atom. The first-order valence-corrected chi connectivity index (χ1v) is 10.3. The van der Waals surface area contributed by atoms with Crippen molar-refractivity contribution in [2.45, 2.75) is 12.8 Å². The van der Waals surface area contributed by atoms with E-state index in [2.05, 4.69) is 52.2 Å². The summed E-state index contributed by atoms with van der Waals surface area (Å²) in [6.07, 6.45) is 5.03. The van der Waals surface area contributed by atoms with Crippen LogP contribution < -0.4 is 15.8 Å². The fourth-order valence-corrected chi connectivity index (χ4v) is 3.45. The van der Waals surface area contributed by atoms with Crippen molar-refractivity contribution in [1.29, 1.82) is 0 Å². The van der Waals surface area contributed by atoms with Crippen LogP contribution in [0.3, 0.4) is 0 Å². The number of ether oxygens (including phenoxy) is 1. The molecule has 5 nitrogen and oxygen atoms in total. The van der Waals surface area contributed by atoms with Crippen LogP contribution >= 0.6 is 0 Å². The quantitative estimate of drug-likeness (QED) is 0.321. The van der Waals surface area contributed by atoms with E-state index in [0.717, 1.165) is 52.5 Å². The maximum atomic E-state index is 6.05. The Balaban J connectivity index is 1.29. The number of allylic oxidation sites excluding steroid dienone is 1. The van der Waals surface area contributed by atoms with Crippen LogP contribution in [0.4, 0.5) is 11.4 Å². The van der Waals surface area contributed by atoms with Crippen molar-refractivity contribution in [3.8, 4) is 17.0 Å². The predicted molar refractivity (Wildman–Crippen MR) is 127 cm³/mol. The first kappa shape index (κ1) is 20.3. The minimum absolute atomic E-state index is 0.597. The summed E-state index contributed by atoms with van der Waals surface area (Å²) in [5, 5.41) is 3.37. The van der Waals surface area contributed by atoms with Gasteiger partial charge in [0.1, 0.15) is 5.75 Å². The molecule has 0 radical (unpaired) electrons. The number of aromatic amines is 1. The van der Waals surface area contributed by atoms with Crippen LogP contribution in [0.25, 0.3) is 11.3 Å². The van der Waals surface area contributed by atoms with E-state index in [0.29, 0.717) is 6.61 Å². The van der Waals surface area contributed by atoms with Crippen molar-refractivity contribution in [3.63, 3.8) is 0 Å². The third kappa shape index (κ3) is 5.54. The molecule has 4 rings (SSSR count). The maximum absolute atomic E-state index is 6.05. The Bertz CT molecular complexity index is 1130. The van der Waals surface area contributed by atoms with Crippen LogP contribution in [0, 0.1) is 0 Å². The van der Waals surface area contributed by atoms with E-state index >= 15 is 0 Å². The number of anilines is 2. The van der Waals surface area contributed by atoms with Gasteiger partial charge in [0.15, 0.2) is 0 Å². The Hall–Kier alpha value is -3.99. The molecule has 0 saturated heterocycles. The minimum atomic E-state index is 0.597. The molecule has 0 aliphatic carbocycles. The van der Waals surface area contributed by atoms with Gasteiger partial charge in [-0.25, -0.2) is 4.98 Å². The van der Waals surface area contributed by atoms with Gasteiger partial charge in [-0.05, 0) is 47.5 Å². The Labute approximate surface area is 182 Å². The number of imidazole rings is 1. The summed E-state index contributed by atoms with van der Waals surface area (Å²) in [6, 6.07) is 24.2. The van der Waals surface area contributed by atoms with Gasteiger partial charge in [0.2, 0.25) is 0 Å².